The topological polar surface area (TPSA) is 35.2 Å². The summed E-state index contributed by atoms with van der Waals surface area (Å²) in [6.45, 7) is 4.68. The van der Waals surface area contributed by atoms with Gasteiger partial charge in [0, 0.05) is 19.8 Å². The Hall–Kier alpha value is -0.930. The molecule has 0 aliphatic heterocycles. The predicted molar refractivity (Wildman–Crippen MR) is 63.7 cm³/mol. The monoisotopic (exact) mass is 225 g/mol. The SMILES string of the molecule is COCCC(C)C(N)c1ccc(F)cc1C. The van der Waals surface area contributed by atoms with E-state index in [0.717, 1.165) is 17.5 Å². The lowest BCUT2D eigenvalue weighted by molar-refractivity contribution is 0.174. The number of aryl methyl sites for hydroxylation is 1. The highest BCUT2D eigenvalue weighted by atomic mass is 19.1. The molecule has 0 amide bonds. The fourth-order valence-electron chi connectivity index (χ4n) is 1.80. The zero-order valence-corrected chi connectivity index (χ0v) is 10.2. The summed E-state index contributed by atoms with van der Waals surface area (Å²) >= 11 is 0. The normalized spacial score (nSPS) is 14.8. The molecule has 0 saturated heterocycles. The van der Waals surface area contributed by atoms with Gasteiger partial charge in [0.25, 0.3) is 0 Å². The van der Waals surface area contributed by atoms with Gasteiger partial charge in [-0.1, -0.05) is 13.0 Å². The molecule has 2 nitrogen and oxygen atoms in total. The van der Waals surface area contributed by atoms with Crippen LogP contribution >= 0.6 is 0 Å². The third-order valence-electron chi connectivity index (χ3n) is 2.98. The number of rotatable bonds is 5. The summed E-state index contributed by atoms with van der Waals surface area (Å²) in [4.78, 5) is 0. The number of benzene rings is 1. The summed E-state index contributed by atoms with van der Waals surface area (Å²) in [5.41, 5.74) is 8.08. The van der Waals surface area contributed by atoms with Crippen LogP contribution in [-0.4, -0.2) is 13.7 Å². The Labute approximate surface area is 96.6 Å². The van der Waals surface area contributed by atoms with Crippen molar-refractivity contribution in [2.24, 2.45) is 11.7 Å². The maximum atomic E-state index is 13.0. The van der Waals surface area contributed by atoms with Gasteiger partial charge in [0.2, 0.25) is 0 Å². The van der Waals surface area contributed by atoms with Gasteiger partial charge >= 0.3 is 0 Å². The second-order valence-corrected chi connectivity index (χ2v) is 4.29. The predicted octanol–water partition coefficient (Wildman–Crippen LogP) is 2.81. The van der Waals surface area contributed by atoms with Gasteiger partial charge in [-0.15, -0.1) is 0 Å². The molecule has 1 aromatic rings. The van der Waals surface area contributed by atoms with Crippen LogP contribution in [0.3, 0.4) is 0 Å². The number of hydrogen-bond acceptors (Lipinski definition) is 2. The van der Waals surface area contributed by atoms with Gasteiger partial charge in [-0.25, -0.2) is 4.39 Å². The van der Waals surface area contributed by atoms with Crippen LogP contribution in [0, 0.1) is 18.7 Å². The first-order chi connectivity index (χ1) is 7.56. The van der Waals surface area contributed by atoms with Crippen LogP contribution in [0.15, 0.2) is 18.2 Å². The average Bonchev–Trinajstić information content (AvgIpc) is 2.25. The molecule has 0 heterocycles. The number of ether oxygens (including phenoxy) is 1. The van der Waals surface area contributed by atoms with E-state index >= 15 is 0 Å². The largest absolute Gasteiger partial charge is 0.385 e. The zero-order valence-electron chi connectivity index (χ0n) is 10.2. The second kappa shape index (κ2) is 5.97. The molecule has 1 rings (SSSR count). The Morgan fingerprint density at radius 1 is 1.44 bits per heavy atom. The lowest BCUT2D eigenvalue weighted by Crippen LogP contribution is -2.21. The third kappa shape index (κ3) is 3.29. The molecule has 2 N–H and O–H groups in total. The van der Waals surface area contributed by atoms with Crippen molar-refractivity contribution in [2.75, 3.05) is 13.7 Å². The highest BCUT2D eigenvalue weighted by molar-refractivity contribution is 5.29. The first kappa shape index (κ1) is 13.1. The summed E-state index contributed by atoms with van der Waals surface area (Å²) in [7, 11) is 1.68. The summed E-state index contributed by atoms with van der Waals surface area (Å²) in [5.74, 6) is 0.113. The van der Waals surface area contributed by atoms with E-state index < -0.39 is 0 Å². The molecular formula is C13H20FNO. The van der Waals surface area contributed by atoms with Gasteiger partial charge in [0.05, 0.1) is 0 Å². The Balaban J connectivity index is 2.75. The van der Waals surface area contributed by atoms with Crippen molar-refractivity contribution < 1.29 is 9.13 Å². The van der Waals surface area contributed by atoms with Crippen LogP contribution < -0.4 is 5.73 Å². The summed E-state index contributed by atoms with van der Waals surface area (Å²) in [6.07, 6.45) is 0.911. The van der Waals surface area contributed by atoms with Crippen molar-refractivity contribution in [1.82, 2.24) is 0 Å². The lowest BCUT2D eigenvalue weighted by atomic mass is 9.90. The average molecular weight is 225 g/mol. The van der Waals surface area contributed by atoms with E-state index in [1.54, 1.807) is 13.2 Å². The van der Waals surface area contributed by atoms with E-state index in [-0.39, 0.29) is 11.9 Å². The fourth-order valence-corrected chi connectivity index (χ4v) is 1.80. The first-order valence-electron chi connectivity index (χ1n) is 5.56. The van der Waals surface area contributed by atoms with Crippen LogP contribution in [0.1, 0.15) is 30.5 Å². The van der Waals surface area contributed by atoms with Crippen molar-refractivity contribution in [3.8, 4) is 0 Å². The molecule has 0 bridgehead atoms. The Kier molecular flexibility index (Phi) is 4.90. The molecule has 0 spiro atoms. The van der Waals surface area contributed by atoms with E-state index in [4.69, 9.17) is 10.5 Å². The lowest BCUT2D eigenvalue weighted by Gasteiger charge is -2.21. The summed E-state index contributed by atoms with van der Waals surface area (Å²) in [5, 5.41) is 0. The summed E-state index contributed by atoms with van der Waals surface area (Å²) in [6, 6.07) is 4.71. The third-order valence-corrected chi connectivity index (χ3v) is 2.98. The van der Waals surface area contributed by atoms with E-state index in [1.807, 2.05) is 6.92 Å². The molecule has 0 radical (unpaired) electrons. The number of methoxy groups -OCH3 is 1. The van der Waals surface area contributed by atoms with Crippen LogP contribution in [0.5, 0.6) is 0 Å². The van der Waals surface area contributed by atoms with E-state index in [9.17, 15) is 4.39 Å². The molecular weight excluding hydrogens is 205 g/mol. The van der Waals surface area contributed by atoms with Gasteiger partial charge in [0.15, 0.2) is 0 Å². The van der Waals surface area contributed by atoms with Crippen LogP contribution in [0.4, 0.5) is 4.39 Å². The molecule has 0 fully saturated rings. The van der Waals surface area contributed by atoms with E-state index in [1.165, 1.54) is 12.1 Å². The maximum Gasteiger partial charge on any atom is 0.123 e. The number of halogens is 1. The Morgan fingerprint density at radius 3 is 2.69 bits per heavy atom. The molecule has 16 heavy (non-hydrogen) atoms. The quantitative estimate of drug-likeness (QED) is 0.836. The van der Waals surface area contributed by atoms with Crippen molar-refractivity contribution >= 4 is 0 Å². The molecule has 3 heteroatoms. The van der Waals surface area contributed by atoms with Crippen LogP contribution in [-0.2, 0) is 4.74 Å². The molecule has 90 valence electrons. The van der Waals surface area contributed by atoms with Crippen molar-refractivity contribution in [3.05, 3.63) is 35.1 Å². The second-order valence-electron chi connectivity index (χ2n) is 4.29. The van der Waals surface area contributed by atoms with Crippen molar-refractivity contribution in [3.63, 3.8) is 0 Å². The Morgan fingerprint density at radius 2 is 2.12 bits per heavy atom. The number of nitrogens with two attached hydrogens (primary N) is 1. The zero-order chi connectivity index (χ0) is 12.1. The molecule has 0 saturated carbocycles. The van der Waals surface area contributed by atoms with Gasteiger partial charge in [0.1, 0.15) is 5.82 Å². The minimum absolute atomic E-state index is 0.0595. The molecule has 0 aliphatic carbocycles. The maximum absolute atomic E-state index is 13.0. The van der Waals surface area contributed by atoms with E-state index in [0.29, 0.717) is 12.5 Å². The van der Waals surface area contributed by atoms with Gasteiger partial charge in [-0.3, -0.25) is 0 Å². The van der Waals surface area contributed by atoms with E-state index in [2.05, 4.69) is 6.92 Å². The fraction of sp³-hybridized carbons (Fsp3) is 0.538. The highest BCUT2D eigenvalue weighted by Gasteiger charge is 2.16. The molecule has 1 aromatic carbocycles. The molecule has 2 atom stereocenters. The van der Waals surface area contributed by atoms with Gasteiger partial charge in [-0.2, -0.15) is 0 Å². The van der Waals surface area contributed by atoms with Crippen molar-refractivity contribution in [2.45, 2.75) is 26.3 Å². The summed E-state index contributed by atoms with van der Waals surface area (Å²) < 4.78 is 18.0. The van der Waals surface area contributed by atoms with Crippen LogP contribution in [0.25, 0.3) is 0 Å². The minimum atomic E-state index is -0.210. The minimum Gasteiger partial charge on any atom is -0.385 e. The smallest absolute Gasteiger partial charge is 0.123 e. The molecule has 0 aromatic heterocycles. The van der Waals surface area contributed by atoms with Crippen LogP contribution in [0.2, 0.25) is 0 Å². The molecule has 0 aliphatic rings. The Bertz CT molecular complexity index is 341. The standard InChI is InChI=1S/C13H20FNO/c1-9(6-7-16-3)13(15)12-5-4-11(14)8-10(12)2/h4-5,8-9,13H,6-7,15H2,1-3H3. The molecule has 2 unspecified atom stereocenters. The highest BCUT2D eigenvalue weighted by Crippen LogP contribution is 2.25. The first-order valence-corrected chi connectivity index (χ1v) is 5.56. The van der Waals surface area contributed by atoms with Gasteiger partial charge < -0.3 is 10.5 Å². The van der Waals surface area contributed by atoms with Gasteiger partial charge in [-0.05, 0) is 42.5 Å². The number of hydrogen-bond donors (Lipinski definition) is 1. The van der Waals surface area contributed by atoms with Crippen molar-refractivity contribution in [1.29, 1.82) is 0 Å².